The molecule has 6 nitrogen and oxygen atoms in total. The first kappa shape index (κ1) is 15.7. The number of ketones is 1. The third kappa shape index (κ3) is 4.99. The molecule has 0 aliphatic carbocycles. The van der Waals surface area contributed by atoms with E-state index in [2.05, 4.69) is 15.1 Å². The summed E-state index contributed by atoms with van der Waals surface area (Å²) in [6, 6.07) is 3.58. The Morgan fingerprint density at radius 3 is 2.33 bits per heavy atom. The van der Waals surface area contributed by atoms with E-state index in [1.165, 1.54) is 6.26 Å². The zero-order chi connectivity index (χ0) is 15.2. The molecule has 1 aliphatic rings. The Balaban J connectivity index is 1.71. The van der Waals surface area contributed by atoms with Gasteiger partial charge in [-0.2, -0.15) is 0 Å². The van der Waals surface area contributed by atoms with Crippen LogP contribution in [-0.4, -0.2) is 66.8 Å². The van der Waals surface area contributed by atoms with Crippen molar-refractivity contribution in [2.45, 2.75) is 19.9 Å². The quantitative estimate of drug-likeness (QED) is 0.778. The topological polar surface area (TPSA) is 65.8 Å². The van der Waals surface area contributed by atoms with Crippen LogP contribution in [0.1, 0.15) is 24.4 Å². The predicted octanol–water partition coefficient (Wildman–Crippen LogP) is 0.605. The maximum atomic E-state index is 11.9. The highest BCUT2D eigenvalue weighted by Gasteiger charge is 2.21. The number of nitrogens with zero attached hydrogens (tertiary/aromatic N) is 2. The van der Waals surface area contributed by atoms with Crippen LogP contribution in [0.2, 0.25) is 0 Å². The van der Waals surface area contributed by atoms with E-state index in [9.17, 15) is 9.59 Å². The number of furan rings is 1. The van der Waals surface area contributed by atoms with E-state index < -0.39 is 0 Å². The van der Waals surface area contributed by atoms with E-state index in [1.54, 1.807) is 12.1 Å². The van der Waals surface area contributed by atoms with Crippen molar-refractivity contribution in [2.75, 3.05) is 39.3 Å². The van der Waals surface area contributed by atoms with Crippen LogP contribution in [0.25, 0.3) is 0 Å². The summed E-state index contributed by atoms with van der Waals surface area (Å²) in [5.74, 6) is 0.477. The highest BCUT2D eigenvalue weighted by Crippen LogP contribution is 2.06. The van der Waals surface area contributed by atoms with Crippen molar-refractivity contribution in [1.29, 1.82) is 0 Å². The van der Waals surface area contributed by atoms with Crippen LogP contribution in [0.3, 0.4) is 0 Å². The number of nitrogens with one attached hydrogen (secondary N) is 1. The monoisotopic (exact) mass is 293 g/mol. The molecule has 0 aromatic carbocycles. The van der Waals surface area contributed by atoms with Crippen LogP contribution in [-0.2, 0) is 4.79 Å². The van der Waals surface area contributed by atoms with Crippen molar-refractivity contribution < 1.29 is 14.0 Å². The molecule has 0 bridgehead atoms. The summed E-state index contributed by atoms with van der Waals surface area (Å²) in [5.41, 5.74) is 0. The van der Waals surface area contributed by atoms with Gasteiger partial charge in [0.2, 0.25) is 11.7 Å². The molecule has 1 amide bonds. The first-order valence-electron chi connectivity index (χ1n) is 7.35. The lowest BCUT2D eigenvalue weighted by atomic mass is 10.2. The summed E-state index contributed by atoms with van der Waals surface area (Å²) in [5, 5.41) is 2.89. The Morgan fingerprint density at radius 1 is 1.19 bits per heavy atom. The van der Waals surface area contributed by atoms with E-state index >= 15 is 0 Å². The van der Waals surface area contributed by atoms with Gasteiger partial charge in [0.05, 0.1) is 19.4 Å². The predicted molar refractivity (Wildman–Crippen MR) is 79.2 cm³/mol. The molecule has 1 aromatic heterocycles. The lowest BCUT2D eigenvalue weighted by Crippen LogP contribution is -2.51. The summed E-state index contributed by atoms with van der Waals surface area (Å²) in [7, 11) is 0. The van der Waals surface area contributed by atoms with Gasteiger partial charge in [-0.25, -0.2) is 0 Å². The van der Waals surface area contributed by atoms with Gasteiger partial charge in [0.1, 0.15) is 0 Å². The van der Waals surface area contributed by atoms with Crippen LogP contribution in [0.5, 0.6) is 0 Å². The molecule has 0 spiro atoms. The number of rotatable bonds is 6. The first-order chi connectivity index (χ1) is 10.0. The van der Waals surface area contributed by atoms with Crippen molar-refractivity contribution in [3.63, 3.8) is 0 Å². The number of carbonyl (C=O) groups is 2. The van der Waals surface area contributed by atoms with E-state index in [-0.39, 0.29) is 17.7 Å². The number of Topliss-reactive ketones (excluding diaryl/α,β-unsaturated/α-hetero) is 1. The molecule has 0 atom stereocenters. The Bertz CT molecular complexity index is 463. The minimum atomic E-state index is 0.00556. The molecule has 116 valence electrons. The SMILES string of the molecule is CC(C)NC(=O)CN1CCN(CC(=O)c2ccco2)CC1. The van der Waals surface area contributed by atoms with Crippen LogP contribution in [0, 0.1) is 0 Å². The van der Waals surface area contributed by atoms with E-state index in [1.807, 2.05) is 13.8 Å². The van der Waals surface area contributed by atoms with Crippen LogP contribution in [0.4, 0.5) is 0 Å². The van der Waals surface area contributed by atoms with Crippen LogP contribution < -0.4 is 5.32 Å². The molecule has 1 aromatic rings. The Morgan fingerprint density at radius 2 is 1.81 bits per heavy atom. The summed E-state index contributed by atoms with van der Waals surface area (Å²) in [6.07, 6.45) is 1.51. The smallest absolute Gasteiger partial charge is 0.234 e. The fraction of sp³-hybridized carbons (Fsp3) is 0.600. The molecule has 0 unspecified atom stereocenters. The zero-order valence-electron chi connectivity index (χ0n) is 12.7. The number of carbonyl (C=O) groups excluding carboxylic acids is 2. The summed E-state index contributed by atoms with van der Waals surface area (Å²) >= 11 is 0. The van der Waals surface area contributed by atoms with Gasteiger partial charge in [0.15, 0.2) is 5.76 Å². The molecule has 2 heterocycles. The molecule has 6 heteroatoms. The largest absolute Gasteiger partial charge is 0.461 e. The molecular formula is C15H23N3O3. The van der Waals surface area contributed by atoms with Crippen molar-refractivity contribution >= 4 is 11.7 Å². The van der Waals surface area contributed by atoms with Gasteiger partial charge in [0, 0.05) is 32.2 Å². The van der Waals surface area contributed by atoms with Gasteiger partial charge in [-0.05, 0) is 26.0 Å². The average Bonchev–Trinajstić information content (AvgIpc) is 2.94. The van der Waals surface area contributed by atoms with E-state index in [0.717, 1.165) is 26.2 Å². The van der Waals surface area contributed by atoms with Crippen molar-refractivity contribution in [2.24, 2.45) is 0 Å². The normalized spacial score (nSPS) is 17.1. The van der Waals surface area contributed by atoms with Crippen LogP contribution in [0.15, 0.2) is 22.8 Å². The summed E-state index contributed by atoms with van der Waals surface area (Å²) in [4.78, 5) is 27.9. The molecule has 1 fully saturated rings. The van der Waals surface area contributed by atoms with Crippen LogP contribution >= 0.6 is 0 Å². The maximum Gasteiger partial charge on any atom is 0.234 e. The van der Waals surface area contributed by atoms with Gasteiger partial charge < -0.3 is 9.73 Å². The average molecular weight is 293 g/mol. The second-order valence-corrected chi connectivity index (χ2v) is 5.67. The zero-order valence-corrected chi connectivity index (χ0v) is 12.7. The third-order valence-corrected chi connectivity index (χ3v) is 3.44. The lowest BCUT2D eigenvalue weighted by Gasteiger charge is -2.33. The minimum absolute atomic E-state index is 0.00556. The fourth-order valence-electron chi connectivity index (χ4n) is 2.39. The second-order valence-electron chi connectivity index (χ2n) is 5.67. The Hall–Kier alpha value is -1.66. The van der Waals surface area contributed by atoms with Gasteiger partial charge in [0.25, 0.3) is 0 Å². The molecule has 1 N–H and O–H groups in total. The number of hydrogen-bond donors (Lipinski definition) is 1. The lowest BCUT2D eigenvalue weighted by molar-refractivity contribution is -0.123. The van der Waals surface area contributed by atoms with Gasteiger partial charge >= 0.3 is 0 Å². The summed E-state index contributed by atoms with van der Waals surface area (Å²) < 4.78 is 5.11. The molecule has 21 heavy (non-hydrogen) atoms. The molecular weight excluding hydrogens is 270 g/mol. The first-order valence-corrected chi connectivity index (χ1v) is 7.35. The molecule has 0 radical (unpaired) electrons. The van der Waals surface area contributed by atoms with Gasteiger partial charge in [-0.15, -0.1) is 0 Å². The van der Waals surface area contributed by atoms with Crippen molar-refractivity contribution in [3.8, 4) is 0 Å². The number of amides is 1. The second kappa shape index (κ2) is 7.38. The van der Waals surface area contributed by atoms with Crippen molar-refractivity contribution in [1.82, 2.24) is 15.1 Å². The molecule has 0 saturated carbocycles. The Labute approximate surface area is 125 Å². The standard InChI is InChI=1S/C15H23N3O3/c1-12(2)16-15(20)11-18-7-5-17(6-8-18)10-13(19)14-4-3-9-21-14/h3-4,9,12H,5-8,10-11H2,1-2H3,(H,16,20). The molecule has 1 saturated heterocycles. The summed E-state index contributed by atoms with van der Waals surface area (Å²) in [6.45, 7) is 7.90. The number of hydrogen-bond acceptors (Lipinski definition) is 5. The fourth-order valence-corrected chi connectivity index (χ4v) is 2.39. The van der Waals surface area contributed by atoms with E-state index in [4.69, 9.17) is 4.42 Å². The van der Waals surface area contributed by atoms with E-state index in [0.29, 0.717) is 18.8 Å². The minimum Gasteiger partial charge on any atom is -0.461 e. The molecule has 2 rings (SSSR count). The highest BCUT2D eigenvalue weighted by molar-refractivity contribution is 5.95. The number of piperazine rings is 1. The highest BCUT2D eigenvalue weighted by atomic mass is 16.3. The van der Waals surface area contributed by atoms with Crippen molar-refractivity contribution in [3.05, 3.63) is 24.2 Å². The van der Waals surface area contributed by atoms with Gasteiger partial charge in [-0.3, -0.25) is 19.4 Å². The molecule has 1 aliphatic heterocycles. The Kier molecular flexibility index (Phi) is 5.52. The maximum absolute atomic E-state index is 11.9. The van der Waals surface area contributed by atoms with Gasteiger partial charge in [-0.1, -0.05) is 0 Å². The third-order valence-electron chi connectivity index (χ3n) is 3.44.